The van der Waals surface area contributed by atoms with Crippen LogP contribution in [0, 0.1) is 6.92 Å². The van der Waals surface area contributed by atoms with Crippen LogP contribution in [0.15, 0.2) is 23.1 Å². The van der Waals surface area contributed by atoms with Gasteiger partial charge in [-0.3, -0.25) is 5.84 Å². The van der Waals surface area contributed by atoms with Crippen molar-refractivity contribution in [2.24, 2.45) is 5.84 Å². The molecule has 3 nitrogen and oxygen atoms in total. The Morgan fingerprint density at radius 3 is 2.69 bits per heavy atom. The minimum Gasteiger partial charge on any atom is -0.306 e. The molecule has 0 aliphatic rings. The Balaban J connectivity index is 2.90. The number of nitrogens with one attached hydrogen (secondary N) is 1. The zero-order valence-electron chi connectivity index (χ0n) is 8.16. The topological polar surface area (TPSA) is 41.3 Å². The number of hydrazine groups is 2. The van der Waals surface area contributed by atoms with E-state index in [2.05, 4.69) is 36.8 Å². The average Bonchev–Trinajstić information content (AvgIpc) is 2.08. The van der Waals surface area contributed by atoms with Crippen LogP contribution in [0.25, 0.3) is 0 Å². The van der Waals surface area contributed by atoms with Crippen LogP contribution >= 0.6 is 11.8 Å². The fraction of sp³-hybridized carbons (Fsp3) is 0.333. The third-order valence-corrected chi connectivity index (χ3v) is 2.47. The number of anilines is 1. The van der Waals surface area contributed by atoms with Gasteiger partial charge in [-0.15, -0.1) is 11.8 Å². The Bertz CT molecular complexity index is 286. The lowest BCUT2D eigenvalue weighted by molar-refractivity contribution is 0.423. The molecule has 0 spiro atoms. The van der Waals surface area contributed by atoms with Crippen molar-refractivity contribution in [3.05, 3.63) is 23.8 Å². The lowest BCUT2D eigenvalue weighted by Crippen LogP contribution is -2.32. The summed E-state index contributed by atoms with van der Waals surface area (Å²) in [5.41, 5.74) is 5.29. The van der Waals surface area contributed by atoms with Crippen LogP contribution in [0.5, 0.6) is 0 Å². The quantitative estimate of drug-likeness (QED) is 0.441. The number of benzene rings is 1. The Morgan fingerprint density at radius 1 is 1.46 bits per heavy atom. The van der Waals surface area contributed by atoms with Gasteiger partial charge in [0.2, 0.25) is 0 Å². The smallest absolute Gasteiger partial charge is 0.0543 e. The molecule has 0 heterocycles. The third kappa shape index (κ3) is 2.91. The molecule has 0 unspecified atom stereocenters. The number of hydrogen-bond donors (Lipinski definition) is 2. The summed E-state index contributed by atoms with van der Waals surface area (Å²) in [6.07, 6.45) is 2.06. The van der Waals surface area contributed by atoms with E-state index in [1.54, 1.807) is 18.8 Å². The fourth-order valence-corrected chi connectivity index (χ4v) is 1.48. The fourth-order valence-electron chi connectivity index (χ4n) is 1.04. The maximum atomic E-state index is 5.50. The van der Waals surface area contributed by atoms with Gasteiger partial charge in [0.05, 0.1) is 5.69 Å². The molecule has 0 aliphatic heterocycles. The largest absolute Gasteiger partial charge is 0.306 e. The van der Waals surface area contributed by atoms with Crippen molar-refractivity contribution in [1.29, 1.82) is 0 Å². The summed E-state index contributed by atoms with van der Waals surface area (Å²) >= 11 is 1.72. The molecule has 0 saturated heterocycles. The molecule has 1 rings (SSSR count). The van der Waals surface area contributed by atoms with E-state index in [1.165, 1.54) is 15.6 Å². The van der Waals surface area contributed by atoms with Gasteiger partial charge in [0.1, 0.15) is 0 Å². The second-order valence-electron chi connectivity index (χ2n) is 2.90. The summed E-state index contributed by atoms with van der Waals surface area (Å²) in [6.45, 7) is 2.05. The van der Waals surface area contributed by atoms with E-state index in [-0.39, 0.29) is 0 Å². The molecule has 0 atom stereocenters. The summed E-state index contributed by atoms with van der Waals surface area (Å²) < 4.78 is 0. The maximum Gasteiger partial charge on any atom is 0.0543 e. The molecule has 0 fully saturated rings. The highest BCUT2D eigenvalue weighted by atomic mass is 32.2. The van der Waals surface area contributed by atoms with Crippen LogP contribution in [0.3, 0.4) is 0 Å². The van der Waals surface area contributed by atoms with Crippen LogP contribution in [-0.2, 0) is 0 Å². The van der Waals surface area contributed by atoms with E-state index in [0.29, 0.717) is 0 Å². The average molecular weight is 197 g/mol. The number of aryl methyl sites for hydroxylation is 1. The molecular weight excluding hydrogens is 182 g/mol. The first-order valence-electron chi connectivity index (χ1n) is 4.03. The molecule has 72 valence electrons. The van der Waals surface area contributed by atoms with Crippen LogP contribution in [0.1, 0.15) is 5.56 Å². The van der Waals surface area contributed by atoms with Crippen molar-refractivity contribution in [3.63, 3.8) is 0 Å². The molecular formula is C9H15N3S. The van der Waals surface area contributed by atoms with E-state index in [9.17, 15) is 0 Å². The monoisotopic (exact) mass is 197 g/mol. The normalized spacial score (nSPS) is 10.5. The van der Waals surface area contributed by atoms with Crippen LogP contribution in [-0.4, -0.2) is 18.4 Å². The highest BCUT2D eigenvalue weighted by Crippen LogP contribution is 2.22. The minimum absolute atomic E-state index is 1.05. The minimum atomic E-state index is 1.05. The number of thioether (sulfide) groups is 1. The van der Waals surface area contributed by atoms with Gasteiger partial charge in [0.15, 0.2) is 0 Å². The first-order chi connectivity index (χ1) is 6.13. The van der Waals surface area contributed by atoms with Gasteiger partial charge in [0.25, 0.3) is 0 Å². The predicted octanol–water partition coefficient (Wildman–Crippen LogP) is 1.85. The Kier molecular flexibility index (Phi) is 3.59. The second kappa shape index (κ2) is 4.50. The standard InChI is InChI=1S/C9H15N3S/c1-7-4-5-8(13-3)6-9(7)11-12(2)10/h4-6,11H,10H2,1-3H3. The van der Waals surface area contributed by atoms with E-state index < -0.39 is 0 Å². The SMILES string of the molecule is CSc1ccc(C)c(NN(C)N)c1. The molecule has 13 heavy (non-hydrogen) atoms. The van der Waals surface area contributed by atoms with Gasteiger partial charge in [-0.1, -0.05) is 6.07 Å². The third-order valence-electron chi connectivity index (χ3n) is 1.74. The van der Waals surface area contributed by atoms with Crippen molar-refractivity contribution in [1.82, 2.24) is 5.12 Å². The first kappa shape index (κ1) is 10.4. The number of nitrogens with zero attached hydrogens (tertiary/aromatic N) is 1. The van der Waals surface area contributed by atoms with Crippen molar-refractivity contribution in [2.45, 2.75) is 11.8 Å². The highest BCUT2D eigenvalue weighted by Gasteiger charge is 1.99. The lowest BCUT2D eigenvalue weighted by atomic mass is 10.2. The molecule has 0 bridgehead atoms. The van der Waals surface area contributed by atoms with E-state index in [0.717, 1.165) is 5.69 Å². The van der Waals surface area contributed by atoms with E-state index in [1.807, 2.05) is 0 Å². The molecule has 0 aromatic heterocycles. The zero-order chi connectivity index (χ0) is 9.84. The van der Waals surface area contributed by atoms with Gasteiger partial charge >= 0.3 is 0 Å². The van der Waals surface area contributed by atoms with Gasteiger partial charge in [0, 0.05) is 11.9 Å². The van der Waals surface area contributed by atoms with Gasteiger partial charge in [-0.05, 0) is 30.9 Å². The van der Waals surface area contributed by atoms with Crippen molar-refractivity contribution in [3.8, 4) is 0 Å². The van der Waals surface area contributed by atoms with Gasteiger partial charge < -0.3 is 5.43 Å². The predicted molar refractivity (Wildman–Crippen MR) is 58.5 cm³/mol. The summed E-state index contributed by atoms with van der Waals surface area (Å²) in [4.78, 5) is 1.23. The molecule has 3 N–H and O–H groups in total. The summed E-state index contributed by atoms with van der Waals surface area (Å²) in [7, 11) is 1.77. The Labute approximate surface area is 83.2 Å². The second-order valence-corrected chi connectivity index (χ2v) is 3.78. The molecule has 1 aromatic rings. The van der Waals surface area contributed by atoms with Gasteiger partial charge in [-0.2, -0.15) is 5.12 Å². The number of hydrogen-bond acceptors (Lipinski definition) is 4. The molecule has 0 aliphatic carbocycles. The van der Waals surface area contributed by atoms with Gasteiger partial charge in [-0.25, -0.2) is 0 Å². The lowest BCUT2D eigenvalue weighted by Gasteiger charge is -2.15. The number of rotatable bonds is 3. The molecule has 0 saturated carbocycles. The molecule has 1 aromatic carbocycles. The van der Waals surface area contributed by atoms with Crippen molar-refractivity contribution >= 4 is 17.4 Å². The molecule has 0 amide bonds. The van der Waals surface area contributed by atoms with Crippen molar-refractivity contribution in [2.75, 3.05) is 18.7 Å². The van der Waals surface area contributed by atoms with Crippen LogP contribution < -0.4 is 11.3 Å². The Morgan fingerprint density at radius 2 is 2.15 bits per heavy atom. The Hall–Kier alpha value is -0.710. The van der Waals surface area contributed by atoms with Crippen LogP contribution in [0.2, 0.25) is 0 Å². The number of nitrogens with two attached hydrogens (primary N) is 1. The van der Waals surface area contributed by atoms with Crippen molar-refractivity contribution < 1.29 is 0 Å². The summed E-state index contributed by atoms with van der Waals surface area (Å²) in [5.74, 6) is 5.50. The highest BCUT2D eigenvalue weighted by molar-refractivity contribution is 7.98. The summed E-state index contributed by atoms with van der Waals surface area (Å²) in [5, 5.41) is 1.45. The maximum absolute atomic E-state index is 5.50. The molecule has 0 radical (unpaired) electrons. The van der Waals surface area contributed by atoms with E-state index in [4.69, 9.17) is 5.84 Å². The molecule has 4 heteroatoms. The first-order valence-corrected chi connectivity index (χ1v) is 5.25. The zero-order valence-corrected chi connectivity index (χ0v) is 8.98. The van der Waals surface area contributed by atoms with Crippen LogP contribution in [0.4, 0.5) is 5.69 Å². The van der Waals surface area contributed by atoms with E-state index >= 15 is 0 Å². The summed E-state index contributed by atoms with van der Waals surface area (Å²) in [6, 6.07) is 6.27.